The van der Waals surface area contributed by atoms with Gasteiger partial charge >= 0.3 is 5.69 Å². The molecule has 2 aromatic carbocycles. The Morgan fingerprint density at radius 1 is 1.25 bits per heavy atom. The van der Waals surface area contributed by atoms with Gasteiger partial charge in [-0.05, 0) is 36.8 Å². The van der Waals surface area contributed by atoms with Crippen LogP contribution >= 0.6 is 23.2 Å². The van der Waals surface area contributed by atoms with Crippen LogP contribution in [0.1, 0.15) is 11.1 Å². The summed E-state index contributed by atoms with van der Waals surface area (Å²) in [6.07, 6.45) is 0. The minimum atomic E-state index is -1.21. The van der Waals surface area contributed by atoms with Crippen molar-refractivity contribution in [2.45, 2.75) is 13.5 Å². The summed E-state index contributed by atoms with van der Waals surface area (Å²) in [7, 11) is 0. The quantitative estimate of drug-likeness (QED) is 0.654. The normalized spacial score (nSPS) is 10.9. The number of benzene rings is 2. The van der Waals surface area contributed by atoms with Gasteiger partial charge in [0.25, 0.3) is 5.91 Å². The first-order chi connectivity index (χ1) is 13.3. The van der Waals surface area contributed by atoms with E-state index in [1.807, 2.05) is 6.92 Å². The number of nitrogens with one attached hydrogen (secondary N) is 2. The summed E-state index contributed by atoms with van der Waals surface area (Å²) in [4.78, 5) is 25.9. The molecule has 10 heteroatoms. The van der Waals surface area contributed by atoms with E-state index in [4.69, 9.17) is 23.2 Å². The lowest BCUT2D eigenvalue weighted by Gasteiger charge is -2.08. The van der Waals surface area contributed by atoms with E-state index in [1.54, 1.807) is 18.2 Å². The molecule has 0 atom stereocenters. The molecule has 0 aliphatic heterocycles. The topological polar surface area (TPSA) is 79.8 Å². The number of hydrogen-bond acceptors (Lipinski definition) is 3. The van der Waals surface area contributed by atoms with Crippen molar-refractivity contribution in [1.82, 2.24) is 20.1 Å². The second-order valence-corrected chi connectivity index (χ2v) is 6.77. The molecular formula is C18H14Cl2F2N4O2. The first-order valence-electron chi connectivity index (χ1n) is 8.07. The van der Waals surface area contributed by atoms with Crippen LogP contribution in [0.2, 0.25) is 10.0 Å². The molecule has 2 N–H and O–H groups in total. The summed E-state index contributed by atoms with van der Waals surface area (Å²) in [5.74, 6) is -1.45. The van der Waals surface area contributed by atoms with Gasteiger partial charge < -0.3 is 5.32 Å². The van der Waals surface area contributed by atoms with Crippen molar-refractivity contribution in [2.75, 3.05) is 6.67 Å². The van der Waals surface area contributed by atoms with Crippen LogP contribution in [0.4, 0.5) is 8.78 Å². The Balaban J connectivity index is 2.01. The number of aryl methyl sites for hydroxylation is 1. The SMILES string of the molecule is Cc1ccc(-n2nc(-c3cc(CNC(=O)CF)c(F)cc3Cl)[nH]c2=O)cc1Cl. The third-order valence-corrected chi connectivity index (χ3v) is 4.73. The van der Waals surface area contributed by atoms with Gasteiger partial charge in [-0.2, -0.15) is 4.68 Å². The number of aromatic nitrogens is 3. The Morgan fingerprint density at radius 3 is 2.68 bits per heavy atom. The number of aromatic amines is 1. The Bertz CT molecular complexity index is 1110. The number of hydrogen-bond donors (Lipinski definition) is 2. The van der Waals surface area contributed by atoms with Crippen molar-refractivity contribution in [3.8, 4) is 17.1 Å². The van der Waals surface area contributed by atoms with Crippen LogP contribution in [-0.4, -0.2) is 27.3 Å². The average Bonchev–Trinajstić information content (AvgIpc) is 3.04. The number of carbonyl (C=O) groups excluding carboxylic acids is 1. The standard InChI is InChI=1S/C18H14Cl2F2N4O2/c1-9-2-3-11(5-13(9)19)26-18(28)24-17(25-26)12-4-10(8-23-16(27)7-21)15(22)6-14(12)20/h2-6H,7-8H2,1H3,(H,23,27)(H,24,25,28). The second-order valence-electron chi connectivity index (χ2n) is 5.96. The van der Waals surface area contributed by atoms with E-state index in [0.29, 0.717) is 10.7 Å². The van der Waals surface area contributed by atoms with Crippen molar-refractivity contribution in [2.24, 2.45) is 0 Å². The minimum Gasteiger partial charge on any atom is -0.350 e. The fourth-order valence-corrected chi connectivity index (χ4v) is 2.90. The predicted molar refractivity (Wildman–Crippen MR) is 102 cm³/mol. The van der Waals surface area contributed by atoms with E-state index < -0.39 is 24.1 Å². The molecule has 1 amide bonds. The molecule has 0 spiro atoms. The highest BCUT2D eigenvalue weighted by Crippen LogP contribution is 2.28. The Kier molecular flexibility index (Phi) is 5.81. The molecule has 0 aliphatic carbocycles. The lowest BCUT2D eigenvalue weighted by molar-refractivity contribution is -0.122. The zero-order valence-corrected chi connectivity index (χ0v) is 16.0. The van der Waals surface area contributed by atoms with E-state index in [9.17, 15) is 18.4 Å². The number of rotatable bonds is 5. The van der Waals surface area contributed by atoms with Crippen molar-refractivity contribution in [3.63, 3.8) is 0 Å². The molecule has 0 aliphatic rings. The van der Waals surface area contributed by atoms with Crippen molar-refractivity contribution >= 4 is 29.1 Å². The Morgan fingerprint density at radius 2 is 2.00 bits per heavy atom. The molecule has 3 aromatic rings. The van der Waals surface area contributed by atoms with Gasteiger partial charge in [-0.3, -0.25) is 9.78 Å². The molecule has 3 rings (SSSR count). The second kappa shape index (κ2) is 8.12. The molecule has 0 bridgehead atoms. The molecule has 0 radical (unpaired) electrons. The summed E-state index contributed by atoms with van der Waals surface area (Å²) in [6.45, 7) is 0.378. The highest BCUT2D eigenvalue weighted by Gasteiger charge is 2.16. The number of carbonyl (C=O) groups is 1. The molecule has 28 heavy (non-hydrogen) atoms. The van der Waals surface area contributed by atoms with Gasteiger partial charge in [-0.25, -0.2) is 13.6 Å². The third-order valence-electron chi connectivity index (χ3n) is 4.01. The van der Waals surface area contributed by atoms with Crippen LogP contribution in [0.25, 0.3) is 17.1 Å². The first-order valence-corrected chi connectivity index (χ1v) is 8.82. The number of alkyl halides is 1. The van der Waals surface area contributed by atoms with Crippen LogP contribution in [0.3, 0.4) is 0 Å². The zero-order valence-electron chi connectivity index (χ0n) is 14.5. The van der Waals surface area contributed by atoms with Crippen LogP contribution in [0.5, 0.6) is 0 Å². The van der Waals surface area contributed by atoms with Gasteiger partial charge in [0.1, 0.15) is 5.82 Å². The number of nitrogens with zero attached hydrogens (tertiary/aromatic N) is 2. The highest BCUT2D eigenvalue weighted by atomic mass is 35.5. The molecule has 6 nitrogen and oxygen atoms in total. The largest absolute Gasteiger partial charge is 0.350 e. The van der Waals surface area contributed by atoms with Crippen LogP contribution in [-0.2, 0) is 11.3 Å². The van der Waals surface area contributed by atoms with Crippen molar-refractivity contribution < 1.29 is 13.6 Å². The van der Waals surface area contributed by atoms with Gasteiger partial charge in [-0.15, -0.1) is 5.10 Å². The van der Waals surface area contributed by atoms with Gasteiger partial charge in [0.05, 0.1) is 10.7 Å². The smallest absolute Gasteiger partial charge is 0.348 e. The van der Waals surface area contributed by atoms with Crippen molar-refractivity contribution in [1.29, 1.82) is 0 Å². The number of amides is 1. The van der Waals surface area contributed by atoms with Crippen LogP contribution in [0.15, 0.2) is 35.1 Å². The summed E-state index contributed by atoms with van der Waals surface area (Å²) < 4.78 is 27.5. The maximum absolute atomic E-state index is 14.1. The van der Waals surface area contributed by atoms with Gasteiger partial charge in [0, 0.05) is 22.7 Å². The molecule has 0 saturated carbocycles. The van der Waals surface area contributed by atoms with E-state index in [-0.39, 0.29) is 28.5 Å². The average molecular weight is 427 g/mol. The van der Waals surface area contributed by atoms with Gasteiger partial charge in [0.15, 0.2) is 12.5 Å². The lowest BCUT2D eigenvalue weighted by Crippen LogP contribution is -2.24. The minimum absolute atomic E-state index is 0.0147. The molecule has 1 heterocycles. The van der Waals surface area contributed by atoms with Crippen LogP contribution < -0.4 is 11.0 Å². The van der Waals surface area contributed by atoms with E-state index in [0.717, 1.165) is 16.3 Å². The van der Waals surface area contributed by atoms with Gasteiger partial charge in [0.2, 0.25) is 0 Å². The highest BCUT2D eigenvalue weighted by molar-refractivity contribution is 6.33. The Labute approximate surface area is 168 Å². The van der Waals surface area contributed by atoms with Crippen LogP contribution in [0, 0.1) is 12.7 Å². The van der Waals surface area contributed by atoms with Crippen molar-refractivity contribution in [3.05, 3.63) is 67.8 Å². The fourth-order valence-electron chi connectivity index (χ4n) is 2.49. The zero-order chi connectivity index (χ0) is 20.4. The summed E-state index contributed by atoms with van der Waals surface area (Å²) in [6, 6.07) is 7.38. The molecule has 1 aromatic heterocycles. The summed E-state index contributed by atoms with van der Waals surface area (Å²) >= 11 is 12.2. The predicted octanol–water partition coefficient (Wildman–Crippen LogP) is 3.57. The van der Waals surface area contributed by atoms with E-state index >= 15 is 0 Å². The molecule has 0 unspecified atom stereocenters. The maximum atomic E-state index is 14.1. The number of H-pyrrole nitrogens is 1. The van der Waals surface area contributed by atoms with Gasteiger partial charge in [-0.1, -0.05) is 29.3 Å². The fraction of sp³-hybridized carbons (Fsp3) is 0.167. The molecular weight excluding hydrogens is 413 g/mol. The monoisotopic (exact) mass is 426 g/mol. The Hall–Kier alpha value is -2.71. The van der Waals surface area contributed by atoms with E-state index in [1.165, 1.54) is 6.07 Å². The third kappa shape index (κ3) is 4.07. The molecule has 0 fully saturated rings. The van der Waals surface area contributed by atoms with E-state index in [2.05, 4.69) is 15.4 Å². The first kappa shape index (κ1) is 20.0. The molecule has 0 saturated heterocycles. The number of halogens is 4. The summed E-state index contributed by atoms with van der Waals surface area (Å²) in [5.41, 5.74) is 1.06. The molecule has 146 valence electrons. The maximum Gasteiger partial charge on any atom is 0.348 e. The lowest BCUT2D eigenvalue weighted by atomic mass is 10.1. The summed E-state index contributed by atoms with van der Waals surface area (Å²) in [5, 5.41) is 6.92.